The molecule has 636 valence electrons. The predicted octanol–water partition coefficient (Wildman–Crippen LogP) is 18.1. The summed E-state index contributed by atoms with van der Waals surface area (Å²) < 4.78 is 27.1. The number of benzene rings is 10. The second kappa shape index (κ2) is 36.9. The van der Waals surface area contributed by atoms with Crippen LogP contribution in [0.15, 0.2) is 152 Å². The number of aliphatic hydroxyl groups is 2. The van der Waals surface area contributed by atoms with Crippen molar-refractivity contribution in [2.45, 2.75) is 152 Å². The van der Waals surface area contributed by atoms with Crippen LogP contribution in [0, 0.1) is 122 Å². The molecule has 5 aliphatic heterocycles. The van der Waals surface area contributed by atoms with E-state index in [1.54, 1.807) is 90.4 Å². The van der Waals surface area contributed by atoms with Crippen molar-refractivity contribution in [2.24, 2.45) is 17.8 Å². The van der Waals surface area contributed by atoms with Crippen LogP contribution in [-0.2, 0) is 24.0 Å². The Hall–Kier alpha value is -12.1. The highest BCUT2D eigenvalue weighted by atomic mass is 79.9. The third-order valence-corrected chi connectivity index (χ3v) is 25.5. The number of aromatic hydroxyl groups is 5. The van der Waals surface area contributed by atoms with Gasteiger partial charge in [0.05, 0.1) is 103 Å². The number of amides is 5. The van der Waals surface area contributed by atoms with E-state index in [4.69, 9.17) is 23.7 Å². The highest BCUT2D eigenvalue weighted by molar-refractivity contribution is 9.10. The van der Waals surface area contributed by atoms with Crippen molar-refractivity contribution in [3.63, 3.8) is 0 Å². The number of methoxy groups -OCH3 is 5. The summed E-state index contributed by atoms with van der Waals surface area (Å²) >= 11 is 3.47. The molecule has 0 spiro atoms. The molecule has 15 rings (SSSR count). The Morgan fingerprint density at radius 3 is 0.810 bits per heavy atom. The average Bonchev–Trinajstić information content (AvgIpc) is 0.798. The van der Waals surface area contributed by atoms with Gasteiger partial charge in [0.15, 0.2) is 0 Å². The first-order valence-corrected chi connectivity index (χ1v) is 41.0. The van der Waals surface area contributed by atoms with Crippen molar-refractivity contribution in [1.82, 2.24) is 0 Å². The summed E-state index contributed by atoms with van der Waals surface area (Å²) in [5.74, 6) is 3.71. The molecule has 10 aromatic carbocycles. The van der Waals surface area contributed by atoms with Gasteiger partial charge in [-0.1, -0.05) is 83.5 Å². The first-order valence-electron chi connectivity index (χ1n) is 40.1. The minimum atomic E-state index is -0.505. The number of alkyl halides is 1. The number of ether oxygens (including phenoxy) is 5. The van der Waals surface area contributed by atoms with Crippen molar-refractivity contribution in [3.05, 3.63) is 263 Å². The van der Waals surface area contributed by atoms with E-state index in [2.05, 4.69) is 15.9 Å². The van der Waals surface area contributed by atoms with Crippen LogP contribution in [0.4, 0.5) is 28.4 Å². The van der Waals surface area contributed by atoms with Gasteiger partial charge in [0.25, 0.3) is 0 Å². The van der Waals surface area contributed by atoms with Crippen LogP contribution in [0.5, 0.6) is 57.5 Å². The maximum atomic E-state index is 12.6. The normalized spacial score (nSPS) is 19.4. The summed E-state index contributed by atoms with van der Waals surface area (Å²) in [7, 11) is 8.12. The first-order chi connectivity index (χ1) is 57.4. The zero-order valence-electron chi connectivity index (χ0n) is 72.6. The molecular weight excluding hydrogens is 1600 g/mol. The van der Waals surface area contributed by atoms with Gasteiger partial charge in [-0.05, 0) is 276 Å². The molecule has 23 heteroatoms. The summed E-state index contributed by atoms with van der Waals surface area (Å²) in [4.78, 5) is 70.7. The van der Waals surface area contributed by atoms with Crippen LogP contribution >= 0.6 is 15.9 Å². The molecular formula is C98H110BrN5O17. The van der Waals surface area contributed by atoms with Gasteiger partial charge in [-0.2, -0.15) is 0 Å². The van der Waals surface area contributed by atoms with Crippen LogP contribution in [0.2, 0.25) is 0 Å². The number of anilines is 5. The number of halogens is 1. The maximum Gasteiger partial charge on any atom is 0.243 e. The molecule has 0 aromatic heterocycles. The number of carbonyl (C=O) groups excluding carboxylic acids is 5. The molecule has 0 unspecified atom stereocenters. The fourth-order valence-corrected chi connectivity index (χ4v) is 16.9. The van der Waals surface area contributed by atoms with Gasteiger partial charge < -0.3 is 83.9 Å². The standard InChI is InChI=1S/2C20H23NO4.C20H23NO3.C19H20BrNO3.C19H21NO3/c2*1-11-5-6-14(8-17(11)23)19-16(10-22)20(24)21(19)15-7-12(2)13(3)18(9-15)25-4;1-11-6-7-15(9-17(11)22)19-14(4)20(23)21(19)16-8-12(2)13(3)18(10-16)24-5;1-10-5-6-13(8-15(10)22)18-17(20)19(23)21(18)14-7-11(2)12(3)16(9-14)24-4;1-11-5-6-14(8-17(11)21)16-10-19(22)20(16)15-7-12(2)13(3)18(9-15)23-4/h2*5-9,16,19,22-23H,10H2,1-4H3;6-10,14,19,22H,1-5H3;5-9,17-18,22H,1-4H3;5-9,16,21H,10H2,1-4H3/t16-,19+;16-,19-;14-,19-;17-,18-;16-/m10101/s1. The van der Waals surface area contributed by atoms with Crippen molar-refractivity contribution >= 4 is 73.9 Å². The third kappa shape index (κ3) is 17.5. The Morgan fingerprint density at radius 1 is 0.306 bits per heavy atom. The fourth-order valence-electron chi connectivity index (χ4n) is 16.1. The zero-order valence-corrected chi connectivity index (χ0v) is 74.2. The van der Waals surface area contributed by atoms with Crippen molar-refractivity contribution in [3.8, 4) is 57.5 Å². The van der Waals surface area contributed by atoms with Gasteiger partial charge in [-0.15, -0.1) is 0 Å². The number of phenolic OH excluding ortho intramolecular Hbond substituents is 5. The van der Waals surface area contributed by atoms with Gasteiger partial charge in [-0.3, -0.25) is 24.0 Å². The smallest absolute Gasteiger partial charge is 0.243 e. The molecule has 5 heterocycles. The molecule has 121 heavy (non-hydrogen) atoms. The lowest BCUT2D eigenvalue weighted by molar-refractivity contribution is -0.133. The van der Waals surface area contributed by atoms with E-state index in [0.29, 0.717) is 6.42 Å². The van der Waals surface area contributed by atoms with Gasteiger partial charge in [0.2, 0.25) is 29.5 Å². The largest absolute Gasteiger partial charge is 0.508 e. The quantitative estimate of drug-likeness (QED) is 0.0329. The van der Waals surface area contributed by atoms with Crippen LogP contribution in [-0.4, -0.2) is 119 Å². The number of rotatable bonds is 17. The number of hydrogen-bond acceptors (Lipinski definition) is 17. The number of phenols is 5. The summed E-state index contributed by atoms with van der Waals surface area (Å²) in [6.07, 6.45) is 0.456. The number of nitrogens with zero attached hydrogens (tertiary/aromatic N) is 5. The van der Waals surface area contributed by atoms with Crippen molar-refractivity contribution in [2.75, 3.05) is 73.3 Å². The molecule has 7 N–H and O–H groups in total. The number of carbonyl (C=O) groups is 5. The minimum Gasteiger partial charge on any atom is -0.508 e. The molecule has 0 aliphatic carbocycles. The molecule has 22 nitrogen and oxygen atoms in total. The van der Waals surface area contributed by atoms with E-state index >= 15 is 0 Å². The molecule has 0 saturated carbocycles. The second-order valence-corrected chi connectivity index (χ2v) is 33.0. The lowest BCUT2D eigenvalue weighted by Crippen LogP contribution is -2.56. The number of aryl methyl sites for hydroxylation is 10. The Labute approximate surface area is 716 Å². The molecule has 5 amide bonds. The van der Waals surface area contributed by atoms with E-state index in [9.17, 15) is 59.7 Å². The van der Waals surface area contributed by atoms with Crippen LogP contribution in [0.1, 0.15) is 155 Å². The third-order valence-electron chi connectivity index (χ3n) is 24.6. The zero-order chi connectivity index (χ0) is 88.5. The fraction of sp³-hybridized carbons (Fsp3) is 0.337. The summed E-state index contributed by atoms with van der Waals surface area (Å²) in [6, 6.07) is 45.9. The number of hydrogen-bond donors (Lipinski definition) is 7. The molecule has 5 aliphatic rings. The van der Waals surface area contributed by atoms with E-state index in [1.165, 1.54) is 0 Å². The molecule has 0 bridgehead atoms. The molecule has 0 radical (unpaired) electrons. The van der Waals surface area contributed by atoms with Gasteiger partial charge >= 0.3 is 0 Å². The van der Waals surface area contributed by atoms with Crippen LogP contribution in [0.3, 0.4) is 0 Å². The van der Waals surface area contributed by atoms with E-state index in [-0.39, 0.29) is 112 Å². The molecule has 9 atom stereocenters. The van der Waals surface area contributed by atoms with Crippen LogP contribution in [0.25, 0.3) is 0 Å². The Bertz CT molecular complexity index is 5390. The Balaban J connectivity index is 0.000000148. The highest BCUT2D eigenvalue weighted by Gasteiger charge is 2.52. The lowest BCUT2D eigenvalue weighted by Gasteiger charge is -2.47. The van der Waals surface area contributed by atoms with E-state index in [0.717, 1.165) is 168 Å². The van der Waals surface area contributed by atoms with E-state index < -0.39 is 11.8 Å². The van der Waals surface area contributed by atoms with Gasteiger partial charge in [-0.25, -0.2) is 0 Å². The summed E-state index contributed by atoms with van der Waals surface area (Å²) in [6.45, 7) is 30.6. The molecule has 5 saturated heterocycles. The van der Waals surface area contributed by atoms with Crippen molar-refractivity contribution < 1.29 is 83.4 Å². The van der Waals surface area contributed by atoms with Crippen LogP contribution < -0.4 is 48.2 Å². The van der Waals surface area contributed by atoms with Gasteiger partial charge in [0.1, 0.15) is 62.3 Å². The average molecular weight is 1710 g/mol. The molecule has 5 fully saturated rings. The molecule has 10 aromatic rings. The monoisotopic (exact) mass is 1710 g/mol. The Morgan fingerprint density at radius 2 is 0.545 bits per heavy atom. The topological polar surface area (TPSA) is 289 Å². The van der Waals surface area contributed by atoms with Gasteiger partial charge in [0, 0.05) is 58.8 Å². The SMILES string of the molecule is COc1cc(N2C(=O)C[C@@H]2c2ccc(C)c(O)c2)cc(C)c1C.COc1cc(N2C(=O)[C@@H](Br)[C@@H]2c2ccc(C)c(O)c2)cc(C)c1C.COc1cc(N2C(=O)[C@@H](CO)[C@@H]2c2ccc(C)c(O)c2)cc(C)c1C.COc1cc(N2C(=O)[C@H](C)[C@@H]2c2ccc(C)c(O)c2)cc(C)c1C.COc1cc(N2C(=O)[C@H](CO)[C@@H]2c2ccc(C)c(O)c2)cc(C)c1C. The summed E-state index contributed by atoms with van der Waals surface area (Å²) in [5, 5.41) is 69.3. The minimum absolute atomic E-state index is 0.00497. The maximum absolute atomic E-state index is 12.6. The highest BCUT2D eigenvalue weighted by Crippen LogP contribution is 2.52. The first kappa shape index (κ1) is 89.7. The van der Waals surface area contributed by atoms with Crippen molar-refractivity contribution in [1.29, 1.82) is 0 Å². The number of aliphatic hydroxyl groups excluding tert-OH is 2. The number of β-lactam (4-membered cyclic amide) rings is 5. The lowest BCUT2D eigenvalue weighted by atomic mass is 9.81. The summed E-state index contributed by atoms with van der Waals surface area (Å²) in [5.41, 5.74) is 23.0. The predicted molar refractivity (Wildman–Crippen MR) is 475 cm³/mol. The van der Waals surface area contributed by atoms with E-state index in [1.807, 2.05) is 232 Å². The second-order valence-electron chi connectivity index (χ2n) is 32.0. The Kier molecular flexibility index (Phi) is 27.4.